The highest BCUT2D eigenvalue weighted by Gasteiger charge is 2.25. The Balaban J connectivity index is 2.47. The van der Waals surface area contributed by atoms with Crippen LogP contribution in [0.15, 0.2) is 24.3 Å². The Labute approximate surface area is 184 Å². The van der Waals surface area contributed by atoms with Crippen LogP contribution >= 0.6 is 0 Å². The first kappa shape index (κ1) is 24.2. The zero-order chi connectivity index (χ0) is 23.1. The minimum absolute atomic E-state index is 0.0905. The Morgan fingerprint density at radius 1 is 1.10 bits per heavy atom. The molecule has 0 saturated heterocycles. The molecule has 0 saturated carbocycles. The van der Waals surface area contributed by atoms with E-state index in [1.165, 1.54) is 0 Å². The van der Waals surface area contributed by atoms with Crippen molar-refractivity contribution in [3.05, 3.63) is 30.0 Å². The number of methoxy groups -OCH3 is 2. The number of ether oxygens (including phenoxy) is 2. The van der Waals surface area contributed by atoms with E-state index in [9.17, 15) is 9.59 Å². The van der Waals surface area contributed by atoms with Crippen LogP contribution in [-0.2, 0) is 11.3 Å². The van der Waals surface area contributed by atoms with Crippen molar-refractivity contribution in [2.24, 2.45) is 11.8 Å². The first-order valence-electron chi connectivity index (χ1n) is 10.5. The van der Waals surface area contributed by atoms with Gasteiger partial charge in [-0.25, -0.2) is 0 Å². The fourth-order valence-corrected chi connectivity index (χ4v) is 3.32. The van der Waals surface area contributed by atoms with Crippen molar-refractivity contribution in [2.75, 3.05) is 21.3 Å². The molecule has 2 aromatic rings. The van der Waals surface area contributed by atoms with Crippen LogP contribution in [-0.4, -0.2) is 48.9 Å². The lowest BCUT2D eigenvalue weighted by molar-refractivity contribution is -0.121. The van der Waals surface area contributed by atoms with E-state index in [-0.39, 0.29) is 35.9 Å². The molecule has 1 unspecified atom stereocenters. The number of carbonyl (C=O) groups is 2. The third kappa shape index (κ3) is 5.99. The average molecular weight is 431 g/mol. The molecule has 1 heterocycles. The molecule has 2 rings (SSSR count). The first-order valence-corrected chi connectivity index (χ1v) is 10.5. The normalized spacial score (nSPS) is 12.0. The largest absolute Gasteiger partial charge is 0.496 e. The molecule has 2 N–H and O–H groups in total. The summed E-state index contributed by atoms with van der Waals surface area (Å²) in [6.07, 6.45) is 0.208. The van der Waals surface area contributed by atoms with Crippen molar-refractivity contribution in [3.63, 3.8) is 0 Å². The van der Waals surface area contributed by atoms with Crippen LogP contribution < -0.4 is 20.1 Å². The van der Waals surface area contributed by atoms with Gasteiger partial charge in [0.1, 0.15) is 11.5 Å². The second kappa shape index (κ2) is 10.8. The van der Waals surface area contributed by atoms with Gasteiger partial charge in [-0.2, -0.15) is 5.10 Å². The van der Waals surface area contributed by atoms with Gasteiger partial charge in [0.25, 0.3) is 5.91 Å². The summed E-state index contributed by atoms with van der Waals surface area (Å²) in [5.41, 5.74) is 1.76. The second-order valence-electron chi connectivity index (χ2n) is 8.23. The molecule has 170 valence electrons. The molecule has 0 fully saturated rings. The van der Waals surface area contributed by atoms with E-state index in [1.807, 2.05) is 36.7 Å². The smallest absolute Gasteiger partial charge is 0.272 e. The zero-order valence-electron chi connectivity index (χ0n) is 19.5. The van der Waals surface area contributed by atoms with Gasteiger partial charge in [0.2, 0.25) is 5.91 Å². The topological polar surface area (TPSA) is 94.5 Å². The molecule has 8 nitrogen and oxygen atoms in total. The standard InChI is InChI=1S/C23H34N4O4/c1-14(2)13-27-18(22-19(30-6)9-8-10-20(22)31-7)11-17(26-27)23(29)25-16(15(3)4)12-21(28)24-5/h8-11,14-16H,12-13H2,1-7H3,(H,24,28)(H,25,29). The zero-order valence-corrected chi connectivity index (χ0v) is 19.5. The fraction of sp³-hybridized carbons (Fsp3) is 0.522. The summed E-state index contributed by atoms with van der Waals surface area (Å²) in [4.78, 5) is 24.9. The van der Waals surface area contributed by atoms with E-state index >= 15 is 0 Å². The molecule has 0 bridgehead atoms. The Kier molecular flexibility index (Phi) is 8.47. The summed E-state index contributed by atoms with van der Waals surface area (Å²) < 4.78 is 12.9. The highest BCUT2D eigenvalue weighted by atomic mass is 16.5. The number of rotatable bonds is 10. The Morgan fingerprint density at radius 2 is 1.71 bits per heavy atom. The van der Waals surface area contributed by atoms with Gasteiger partial charge in [0, 0.05) is 26.1 Å². The minimum Gasteiger partial charge on any atom is -0.496 e. The molecule has 0 aliphatic carbocycles. The number of amides is 2. The van der Waals surface area contributed by atoms with Crippen molar-refractivity contribution in [1.82, 2.24) is 20.4 Å². The lowest BCUT2D eigenvalue weighted by Gasteiger charge is -2.21. The number of nitrogens with zero attached hydrogens (tertiary/aromatic N) is 2. The SMILES string of the molecule is CNC(=O)CC(NC(=O)c1cc(-c2c(OC)cccc2OC)n(CC(C)C)n1)C(C)C. The van der Waals surface area contributed by atoms with Gasteiger partial charge in [-0.15, -0.1) is 0 Å². The second-order valence-corrected chi connectivity index (χ2v) is 8.23. The molecule has 8 heteroatoms. The summed E-state index contributed by atoms with van der Waals surface area (Å²) in [7, 11) is 4.78. The highest BCUT2D eigenvalue weighted by molar-refractivity contribution is 5.94. The van der Waals surface area contributed by atoms with E-state index < -0.39 is 0 Å². The molecule has 31 heavy (non-hydrogen) atoms. The summed E-state index contributed by atoms with van der Waals surface area (Å²) in [5.74, 6) is 1.23. The molecule has 1 aromatic carbocycles. The first-order chi connectivity index (χ1) is 14.7. The fourth-order valence-electron chi connectivity index (χ4n) is 3.32. The number of carbonyl (C=O) groups excluding carboxylic acids is 2. The quantitative estimate of drug-likeness (QED) is 0.604. The van der Waals surface area contributed by atoms with Crippen LogP contribution in [0.5, 0.6) is 11.5 Å². The summed E-state index contributed by atoms with van der Waals surface area (Å²) in [6.45, 7) is 8.73. The summed E-state index contributed by atoms with van der Waals surface area (Å²) in [6, 6.07) is 7.00. The highest BCUT2D eigenvalue weighted by Crippen LogP contribution is 2.38. The van der Waals surface area contributed by atoms with E-state index in [1.54, 1.807) is 27.3 Å². The molecule has 0 aliphatic rings. The summed E-state index contributed by atoms with van der Waals surface area (Å²) >= 11 is 0. The maximum atomic E-state index is 13.0. The van der Waals surface area contributed by atoms with Gasteiger partial charge in [-0.05, 0) is 30.0 Å². The van der Waals surface area contributed by atoms with E-state index in [2.05, 4.69) is 29.6 Å². The van der Waals surface area contributed by atoms with Crippen LogP contribution in [0.4, 0.5) is 0 Å². The van der Waals surface area contributed by atoms with E-state index in [4.69, 9.17) is 9.47 Å². The van der Waals surface area contributed by atoms with Gasteiger partial charge in [0.15, 0.2) is 5.69 Å². The molecule has 1 aromatic heterocycles. The van der Waals surface area contributed by atoms with Gasteiger partial charge in [-0.3, -0.25) is 14.3 Å². The molecular formula is C23H34N4O4. The number of nitrogens with one attached hydrogen (secondary N) is 2. The Hall–Kier alpha value is -3.03. The van der Waals surface area contributed by atoms with Crippen LogP contribution in [0.1, 0.15) is 44.6 Å². The molecule has 0 radical (unpaired) electrons. The Morgan fingerprint density at radius 3 is 2.19 bits per heavy atom. The molecule has 2 amide bonds. The molecule has 0 spiro atoms. The minimum atomic E-state index is -0.319. The number of benzene rings is 1. The summed E-state index contributed by atoms with van der Waals surface area (Å²) in [5, 5.41) is 10.2. The van der Waals surface area contributed by atoms with Crippen LogP contribution in [0.3, 0.4) is 0 Å². The van der Waals surface area contributed by atoms with Crippen LogP contribution in [0.25, 0.3) is 11.3 Å². The van der Waals surface area contributed by atoms with Crippen LogP contribution in [0.2, 0.25) is 0 Å². The van der Waals surface area contributed by atoms with Crippen molar-refractivity contribution in [2.45, 2.75) is 46.7 Å². The lowest BCUT2D eigenvalue weighted by Crippen LogP contribution is -2.42. The predicted molar refractivity (Wildman–Crippen MR) is 120 cm³/mol. The number of aromatic nitrogens is 2. The lowest BCUT2D eigenvalue weighted by atomic mass is 10.0. The third-order valence-electron chi connectivity index (χ3n) is 5.04. The van der Waals surface area contributed by atoms with Crippen molar-refractivity contribution >= 4 is 11.8 Å². The van der Waals surface area contributed by atoms with Gasteiger partial charge in [-0.1, -0.05) is 33.8 Å². The Bertz CT molecular complexity index is 883. The monoisotopic (exact) mass is 430 g/mol. The van der Waals surface area contributed by atoms with Crippen LogP contribution in [0, 0.1) is 11.8 Å². The van der Waals surface area contributed by atoms with E-state index in [0.717, 1.165) is 11.3 Å². The molecule has 0 aliphatic heterocycles. The van der Waals surface area contributed by atoms with E-state index in [0.29, 0.717) is 24.0 Å². The molecular weight excluding hydrogens is 396 g/mol. The maximum absolute atomic E-state index is 13.0. The average Bonchev–Trinajstić information content (AvgIpc) is 3.14. The van der Waals surface area contributed by atoms with Gasteiger partial charge < -0.3 is 20.1 Å². The number of hydrogen-bond donors (Lipinski definition) is 2. The predicted octanol–water partition coefficient (Wildman–Crippen LogP) is 3.11. The number of hydrogen-bond acceptors (Lipinski definition) is 5. The maximum Gasteiger partial charge on any atom is 0.272 e. The van der Waals surface area contributed by atoms with Crippen molar-refractivity contribution in [3.8, 4) is 22.8 Å². The van der Waals surface area contributed by atoms with Crippen molar-refractivity contribution < 1.29 is 19.1 Å². The molecule has 1 atom stereocenters. The van der Waals surface area contributed by atoms with Crippen molar-refractivity contribution in [1.29, 1.82) is 0 Å². The van der Waals surface area contributed by atoms with Gasteiger partial charge >= 0.3 is 0 Å². The van der Waals surface area contributed by atoms with Gasteiger partial charge in [0.05, 0.1) is 25.5 Å². The third-order valence-corrected chi connectivity index (χ3v) is 5.04.